The van der Waals surface area contributed by atoms with Gasteiger partial charge in [-0.1, -0.05) is 6.07 Å². The molecule has 1 amide bonds. The Hall–Kier alpha value is -3.46. The number of nitrogens with zero attached hydrogens (tertiary/aromatic N) is 4. The maximum absolute atomic E-state index is 13.0. The maximum Gasteiger partial charge on any atom is 0.257 e. The van der Waals surface area contributed by atoms with E-state index in [9.17, 15) is 4.79 Å². The van der Waals surface area contributed by atoms with Crippen molar-refractivity contribution in [1.29, 1.82) is 5.26 Å². The lowest BCUT2D eigenvalue weighted by atomic mass is 10.1. The molecule has 0 unspecified atom stereocenters. The summed E-state index contributed by atoms with van der Waals surface area (Å²) in [6.07, 6.45) is 1.58. The number of carbonyl (C=O) groups is 1. The number of rotatable bonds is 5. The summed E-state index contributed by atoms with van der Waals surface area (Å²) in [4.78, 5) is 23.6. The van der Waals surface area contributed by atoms with Crippen LogP contribution in [0.5, 0.6) is 0 Å². The predicted molar refractivity (Wildman–Crippen MR) is 106 cm³/mol. The van der Waals surface area contributed by atoms with Gasteiger partial charge in [0.05, 0.1) is 22.9 Å². The Morgan fingerprint density at radius 3 is 2.70 bits per heavy atom. The average molecular weight is 359 g/mol. The van der Waals surface area contributed by atoms with E-state index in [4.69, 9.17) is 5.26 Å². The summed E-state index contributed by atoms with van der Waals surface area (Å²) in [6, 6.07) is 13.1. The smallest absolute Gasteiger partial charge is 0.257 e. The van der Waals surface area contributed by atoms with Crippen LogP contribution in [-0.4, -0.2) is 33.9 Å². The number of aromatic nitrogens is 2. The van der Waals surface area contributed by atoms with E-state index in [2.05, 4.69) is 21.4 Å². The van der Waals surface area contributed by atoms with Crippen LogP contribution in [0.1, 0.15) is 35.5 Å². The molecule has 1 aromatic carbocycles. The van der Waals surface area contributed by atoms with Crippen LogP contribution >= 0.6 is 0 Å². The average Bonchev–Trinajstić information content (AvgIpc) is 2.69. The fraction of sp³-hybridized carbons (Fsp3) is 0.238. The number of pyridine rings is 2. The van der Waals surface area contributed by atoms with Crippen LogP contribution in [0, 0.1) is 18.3 Å². The highest BCUT2D eigenvalue weighted by Crippen LogP contribution is 2.30. The van der Waals surface area contributed by atoms with Crippen molar-refractivity contribution in [2.45, 2.75) is 20.8 Å². The van der Waals surface area contributed by atoms with Crippen LogP contribution in [0.15, 0.2) is 42.6 Å². The molecule has 0 radical (unpaired) electrons. The molecule has 0 aliphatic carbocycles. The third-order valence-corrected chi connectivity index (χ3v) is 4.41. The number of aryl methyl sites for hydroxylation is 1. The van der Waals surface area contributed by atoms with Crippen molar-refractivity contribution >= 4 is 28.3 Å². The summed E-state index contributed by atoms with van der Waals surface area (Å²) in [7, 11) is 0. The molecular weight excluding hydrogens is 338 g/mol. The number of amides is 1. The van der Waals surface area contributed by atoms with Crippen molar-refractivity contribution in [1.82, 2.24) is 14.9 Å². The monoisotopic (exact) mass is 359 g/mol. The fourth-order valence-electron chi connectivity index (χ4n) is 2.96. The molecule has 0 spiro atoms. The van der Waals surface area contributed by atoms with Crippen LogP contribution < -0.4 is 5.32 Å². The summed E-state index contributed by atoms with van der Waals surface area (Å²) in [5.74, 6) is -0.0890. The number of anilines is 2. The van der Waals surface area contributed by atoms with Gasteiger partial charge in [-0.25, -0.2) is 9.97 Å². The molecule has 0 fully saturated rings. The van der Waals surface area contributed by atoms with E-state index in [1.807, 2.05) is 39.0 Å². The minimum absolute atomic E-state index is 0.0890. The highest BCUT2D eigenvalue weighted by atomic mass is 16.2. The molecular formula is C21H21N5O. The van der Waals surface area contributed by atoms with E-state index in [-0.39, 0.29) is 5.91 Å². The summed E-state index contributed by atoms with van der Waals surface area (Å²) in [5, 5.41) is 13.2. The van der Waals surface area contributed by atoms with Crippen molar-refractivity contribution in [3.05, 3.63) is 59.4 Å². The van der Waals surface area contributed by atoms with E-state index in [1.165, 1.54) is 0 Å². The molecule has 0 aliphatic rings. The lowest BCUT2D eigenvalue weighted by Crippen LogP contribution is -2.31. The second kappa shape index (κ2) is 7.83. The summed E-state index contributed by atoms with van der Waals surface area (Å²) in [5.41, 5.74) is 3.85. The fourth-order valence-corrected chi connectivity index (χ4v) is 2.96. The van der Waals surface area contributed by atoms with Gasteiger partial charge in [-0.05, 0) is 51.1 Å². The van der Waals surface area contributed by atoms with E-state index in [1.54, 1.807) is 29.3 Å². The van der Waals surface area contributed by atoms with Crippen molar-refractivity contribution in [2.24, 2.45) is 0 Å². The van der Waals surface area contributed by atoms with E-state index < -0.39 is 0 Å². The highest BCUT2D eigenvalue weighted by molar-refractivity contribution is 6.07. The molecule has 2 aromatic heterocycles. The molecule has 0 atom stereocenters. The van der Waals surface area contributed by atoms with Gasteiger partial charge in [0, 0.05) is 36.1 Å². The first kappa shape index (κ1) is 18.3. The van der Waals surface area contributed by atoms with Crippen LogP contribution in [0.2, 0.25) is 0 Å². The molecule has 27 heavy (non-hydrogen) atoms. The summed E-state index contributed by atoms with van der Waals surface area (Å²) < 4.78 is 0. The number of nitrogens with one attached hydrogen (secondary N) is 1. The number of nitriles is 1. The minimum atomic E-state index is -0.0890. The van der Waals surface area contributed by atoms with Crippen LogP contribution in [0.4, 0.5) is 11.4 Å². The highest BCUT2D eigenvalue weighted by Gasteiger charge is 2.20. The maximum atomic E-state index is 13.0. The van der Waals surface area contributed by atoms with Crippen molar-refractivity contribution in [2.75, 3.05) is 18.4 Å². The van der Waals surface area contributed by atoms with Gasteiger partial charge in [0.25, 0.3) is 5.91 Å². The zero-order valence-corrected chi connectivity index (χ0v) is 15.7. The number of fused-ring (bicyclic) bond motifs is 1. The first-order chi connectivity index (χ1) is 13.1. The Labute approximate surface area is 158 Å². The molecule has 2 heterocycles. The Morgan fingerprint density at radius 2 is 2.00 bits per heavy atom. The quantitative estimate of drug-likeness (QED) is 0.743. The second-order valence-electron chi connectivity index (χ2n) is 6.17. The largest absolute Gasteiger partial charge is 0.354 e. The number of hydrogen-bond acceptors (Lipinski definition) is 5. The topological polar surface area (TPSA) is 81.9 Å². The molecule has 6 nitrogen and oxygen atoms in total. The van der Waals surface area contributed by atoms with E-state index in [0.29, 0.717) is 35.6 Å². The van der Waals surface area contributed by atoms with Gasteiger partial charge in [-0.3, -0.25) is 4.79 Å². The number of benzene rings is 1. The third-order valence-electron chi connectivity index (χ3n) is 4.41. The first-order valence-corrected chi connectivity index (χ1v) is 8.90. The lowest BCUT2D eigenvalue weighted by Gasteiger charge is -2.21. The van der Waals surface area contributed by atoms with E-state index in [0.717, 1.165) is 16.8 Å². The predicted octanol–water partition coefficient (Wildman–Crippen LogP) is 4.04. The molecule has 0 bridgehead atoms. The van der Waals surface area contributed by atoms with Crippen LogP contribution in [0.25, 0.3) is 11.0 Å². The molecule has 3 aromatic rings. The summed E-state index contributed by atoms with van der Waals surface area (Å²) >= 11 is 0. The van der Waals surface area contributed by atoms with Crippen LogP contribution in [0.3, 0.4) is 0 Å². The third kappa shape index (κ3) is 3.72. The number of hydrogen-bond donors (Lipinski definition) is 1. The van der Waals surface area contributed by atoms with Gasteiger partial charge in [0.1, 0.15) is 0 Å². The Morgan fingerprint density at radius 1 is 1.22 bits per heavy atom. The Bertz CT molecular complexity index is 1030. The molecule has 0 saturated carbocycles. The van der Waals surface area contributed by atoms with Gasteiger partial charge < -0.3 is 10.2 Å². The molecule has 0 aliphatic heterocycles. The normalized spacial score (nSPS) is 10.4. The molecule has 6 heteroatoms. The van der Waals surface area contributed by atoms with Gasteiger partial charge in [0.15, 0.2) is 5.65 Å². The molecule has 1 N–H and O–H groups in total. The van der Waals surface area contributed by atoms with Crippen molar-refractivity contribution < 1.29 is 4.79 Å². The zero-order chi connectivity index (χ0) is 19.4. The molecule has 136 valence electrons. The van der Waals surface area contributed by atoms with Gasteiger partial charge >= 0.3 is 0 Å². The van der Waals surface area contributed by atoms with Crippen molar-refractivity contribution in [3.8, 4) is 6.07 Å². The Balaban J connectivity index is 2.17. The lowest BCUT2D eigenvalue weighted by molar-refractivity contribution is 0.0774. The zero-order valence-electron chi connectivity index (χ0n) is 15.7. The van der Waals surface area contributed by atoms with Crippen LogP contribution in [-0.2, 0) is 0 Å². The van der Waals surface area contributed by atoms with Gasteiger partial charge in [-0.2, -0.15) is 5.26 Å². The molecule has 0 saturated heterocycles. The van der Waals surface area contributed by atoms with E-state index >= 15 is 0 Å². The van der Waals surface area contributed by atoms with Crippen molar-refractivity contribution in [3.63, 3.8) is 0 Å². The van der Waals surface area contributed by atoms with Gasteiger partial charge in [0.2, 0.25) is 0 Å². The standard InChI is InChI=1S/C21H21N5O/c1-4-26(5-2)21(27)18-13-23-20-17(10-9-14(3)24-20)19(18)25-16-8-6-7-15(11-16)12-22/h6-11,13H,4-5H2,1-3H3,(H,23,24,25). The SMILES string of the molecule is CCN(CC)C(=O)c1cnc2nc(C)ccc2c1Nc1cccc(C#N)c1. The Kier molecular flexibility index (Phi) is 5.32. The number of carbonyl (C=O) groups excluding carboxylic acids is 1. The molecule has 3 rings (SSSR count). The minimum Gasteiger partial charge on any atom is -0.354 e. The second-order valence-corrected chi connectivity index (χ2v) is 6.17. The first-order valence-electron chi connectivity index (χ1n) is 8.90. The summed E-state index contributed by atoms with van der Waals surface area (Å²) in [6.45, 7) is 7.03. The van der Waals surface area contributed by atoms with Gasteiger partial charge in [-0.15, -0.1) is 0 Å².